The highest BCUT2D eigenvalue weighted by molar-refractivity contribution is 4.57. The van der Waals surface area contributed by atoms with E-state index in [9.17, 15) is 5.11 Å². The normalized spacial score (nSPS) is 12.7. The lowest BCUT2D eigenvalue weighted by molar-refractivity contribution is 0.144. The van der Waals surface area contributed by atoms with Gasteiger partial charge in [-0.15, -0.1) is 0 Å². The SMILES string of the molecule is CCCCCCCCCCCCCCCC(O)CCCCO. The van der Waals surface area contributed by atoms with Gasteiger partial charge >= 0.3 is 0 Å². The fourth-order valence-electron chi connectivity index (χ4n) is 3.03. The van der Waals surface area contributed by atoms with Crippen LogP contribution in [-0.4, -0.2) is 22.9 Å². The minimum Gasteiger partial charge on any atom is -0.396 e. The molecular weight excluding hydrogens is 272 g/mol. The third-order valence-electron chi connectivity index (χ3n) is 4.59. The highest BCUT2D eigenvalue weighted by Crippen LogP contribution is 2.14. The first-order chi connectivity index (χ1) is 10.8. The largest absolute Gasteiger partial charge is 0.396 e. The Labute approximate surface area is 139 Å². The van der Waals surface area contributed by atoms with Crippen LogP contribution in [0, 0.1) is 0 Å². The summed E-state index contributed by atoms with van der Waals surface area (Å²) in [7, 11) is 0. The molecule has 0 aromatic heterocycles. The Kier molecular flexibility index (Phi) is 18.9. The van der Waals surface area contributed by atoms with Gasteiger partial charge in [-0.05, 0) is 25.7 Å². The highest BCUT2D eigenvalue weighted by Gasteiger charge is 2.03. The number of aliphatic hydroxyl groups is 2. The van der Waals surface area contributed by atoms with E-state index in [0.29, 0.717) is 0 Å². The molecular formula is C20H42O2. The molecule has 0 bridgehead atoms. The van der Waals surface area contributed by atoms with Crippen molar-refractivity contribution >= 4 is 0 Å². The van der Waals surface area contributed by atoms with Gasteiger partial charge in [0.25, 0.3) is 0 Å². The van der Waals surface area contributed by atoms with E-state index < -0.39 is 0 Å². The van der Waals surface area contributed by atoms with Crippen molar-refractivity contribution in [1.82, 2.24) is 0 Å². The van der Waals surface area contributed by atoms with E-state index >= 15 is 0 Å². The Morgan fingerprint density at radius 3 is 1.32 bits per heavy atom. The second-order valence-electron chi connectivity index (χ2n) is 6.90. The molecule has 0 radical (unpaired) electrons. The number of unbranched alkanes of at least 4 members (excludes halogenated alkanes) is 13. The van der Waals surface area contributed by atoms with Gasteiger partial charge in [0, 0.05) is 6.61 Å². The summed E-state index contributed by atoms with van der Waals surface area (Å²) in [6.07, 6.45) is 21.3. The molecule has 0 aromatic carbocycles. The molecule has 134 valence electrons. The molecule has 0 saturated heterocycles. The fourth-order valence-corrected chi connectivity index (χ4v) is 3.03. The Morgan fingerprint density at radius 1 is 0.545 bits per heavy atom. The van der Waals surface area contributed by atoms with Crippen molar-refractivity contribution in [2.45, 2.75) is 122 Å². The van der Waals surface area contributed by atoms with Crippen molar-refractivity contribution in [3.05, 3.63) is 0 Å². The maximum Gasteiger partial charge on any atom is 0.0540 e. The van der Waals surface area contributed by atoms with Crippen LogP contribution >= 0.6 is 0 Å². The van der Waals surface area contributed by atoms with Crippen LogP contribution in [0.25, 0.3) is 0 Å². The lowest BCUT2D eigenvalue weighted by atomic mass is 10.0. The van der Waals surface area contributed by atoms with E-state index in [1.165, 1.54) is 77.0 Å². The number of hydrogen-bond donors (Lipinski definition) is 2. The smallest absolute Gasteiger partial charge is 0.0540 e. The number of rotatable bonds is 18. The van der Waals surface area contributed by atoms with E-state index in [4.69, 9.17) is 5.11 Å². The first-order valence-corrected chi connectivity index (χ1v) is 10.1. The van der Waals surface area contributed by atoms with Crippen LogP contribution in [0.2, 0.25) is 0 Å². The Bertz CT molecular complexity index is 194. The first kappa shape index (κ1) is 21.9. The van der Waals surface area contributed by atoms with Gasteiger partial charge in [0.05, 0.1) is 6.10 Å². The molecule has 0 amide bonds. The van der Waals surface area contributed by atoms with Gasteiger partial charge in [-0.1, -0.05) is 90.4 Å². The summed E-state index contributed by atoms with van der Waals surface area (Å²) in [4.78, 5) is 0. The molecule has 2 heteroatoms. The van der Waals surface area contributed by atoms with Crippen LogP contribution in [0.5, 0.6) is 0 Å². The molecule has 0 aromatic rings. The van der Waals surface area contributed by atoms with Crippen molar-refractivity contribution in [1.29, 1.82) is 0 Å². The van der Waals surface area contributed by atoms with Crippen LogP contribution in [0.1, 0.15) is 116 Å². The molecule has 0 fully saturated rings. The molecule has 0 aliphatic carbocycles. The summed E-state index contributed by atoms with van der Waals surface area (Å²) < 4.78 is 0. The molecule has 0 rings (SSSR count). The highest BCUT2D eigenvalue weighted by atomic mass is 16.3. The van der Waals surface area contributed by atoms with Crippen molar-refractivity contribution < 1.29 is 10.2 Å². The Balaban J connectivity index is 3.05. The van der Waals surface area contributed by atoms with E-state index in [1.54, 1.807) is 0 Å². The fraction of sp³-hybridized carbons (Fsp3) is 1.00. The third-order valence-corrected chi connectivity index (χ3v) is 4.59. The zero-order chi connectivity index (χ0) is 16.3. The van der Waals surface area contributed by atoms with Crippen molar-refractivity contribution in [3.63, 3.8) is 0 Å². The van der Waals surface area contributed by atoms with Crippen molar-refractivity contribution in [2.75, 3.05) is 6.61 Å². The molecule has 2 N–H and O–H groups in total. The maximum absolute atomic E-state index is 9.77. The lowest BCUT2D eigenvalue weighted by Crippen LogP contribution is -2.06. The van der Waals surface area contributed by atoms with Crippen LogP contribution in [0.4, 0.5) is 0 Å². The average molecular weight is 315 g/mol. The van der Waals surface area contributed by atoms with Crippen LogP contribution in [0.3, 0.4) is 0 Å². The van der Waals surface area contributed by atoms with Gasteiger partial charge in [0.2, 0.25) is 0 Å². The first-order valence-electron chi connectivity index (χ1n) is 10.1. The lowest BCUT2D eigenvalue weighted by Gasteiger charge is -2.09. The van der Waals surface area contributed by atoms with E-state index in [1.807, 2.05) is 0 Å². The van der Waals surface area contributed by atoms with Crippen LogP contribution in [0.15, 0.2) is 0 Å². The van der Waals surface area contributed by atoms with Gasteiger partial charge < -0.3 is 10.2 Å². The molecule has 2 nitrogen and oxygen atoms in total. The summed E-state index contributed by atoms with van der Waals surface area (Å²) in [5.74, 6) is 0. The standard InChI is InChI=1S/C20H42O2/c1-2-3-4-5-6-7-8-9-10-11-12-13-14-17-20(22)18-15-16-19-21/h20-22H,2-19H2,1H3. The second kappa shape index (κ2) is 19.0. The molecule has 0 heterocycles. The monoisotopic (exact) mass is 314 g/mol. The van der Waals surface area contributed by atoms with E-state index in [0.717, 1.165) is 32.1 Å². The zero-order valence-electron chi connectivity index (χ0n) is 15.2. The minimum atomic E-state index is -0.140. The Morgan fingerprint density at radius 2 is 0.909 bits per heavy atom. The van der Waals surface area contributed by atoms with Gasteiger partial charge in [0.15, 0.2) is 0 Å². The van der Waals surface area contributed by atoms with E-state index in [-0.39, 0.29) is 12.7 Å². The van der Waals surface area contributed by atoms with Gasteiger partial charge in [0.1, 0.15) is 0 Å². The minimum absolute atomic E-state index is 0.140. The summed E-state index contributed by atoms with van der Waals surface area (Å²) in [5, 5.41) is 18.5. The molecule has 0 saturated carbocycles. The Hall–Kier alpha value is -0.0800. The molecule has 0 aliphatic heterocycles. The third kappa shape index (κ3) is 18.0. The molecule has 1 atom stereocenters. The zero-order valence-corrected chi connectivity index (χ0v) is 15.2. The predicted octanol–water partition coefficient (Wildman–Crippen LogP) is 5.99. The predicted molar refractivity (Wildman–Crippen MR) is 97.3 cm³/mol. The summed E-state index contributed by atoms with van der Waals surface area (Å²) in [6.45, 7) is 2.53. The van der Waals surface area contributed by atoms with Crippen LogP contribution < -0.4 is 0 Å². The van der Waals surface area contributed by atoms with E-state index in [2.05, 4.69) is 6.92 Å². The molecule has 1 unspecified atom stereocenters. The van der Waals surface area contributed by atoms with Crippen LogP contribution in [-0.2, 0) is 0 Å². The molecule has 22 heavy (non-hydrogen) atoms. The van der Waals surface area contributed by atoms with Gasteiger partial charge in [-0.3, -0.25) is 0 Å². The maximum atomic E-state index is 9.77. The number of hydrogen-bond acceptors (Lipinski definition) is 2. The molecule has 0 spiro atoms. The summed E-state index contributed by atoms with van der Waals surface area (Å²) in [6, 6.07) is 0. The van der Waals surface area contributed by atoms with Crippen molar-refractivity contribution in [3.8, 4) is 0 Å². The second-order valence-corrected chi connectivity index (χ2v) is 6.90. The van der Waals surface area contributed by atoms with Gasteiger partial charge in [-0.25, -0.2) is 0 Å². The topological polar surface area (TPSA) is 40.5 Å². The number of aliphatic hydroxyl groups excluding tert-OH is 2. The van der Waals surface area contributed by atoms with Crippen molar-refractivity contribution in [2.24, 2.45) is 0 Å². The van der Waals surface area contributed by atoms with Gasteiger partial charge in [-0.2, -0.15) is 0 Å². The summed E-state index contributed by atoms with van der Waals surface area (Å²) >= 11 is 0. The average Bonchev–Trinajstić information content (AvgIpc) is 2.52. The molecule has 0 aliphatic rings. The quantitative estimate of drug-likeness (QED) is 0.305. The summed E-state index contributed by atoms with van der Waals surface area (Å²) in [5.41, 5.74) is 0.